The summed E-state index contributed by atoms with van der Waals surface area (Å²) in [6, 6.07) is 0. The second-order valence-corrected chi connectivity index (χ2v) is 11.8. The molecule has 0 aromatic carbocycles. The Kier molecular flexibility index (Phi) is 5.39. The number of carboxylic acids is 1. The van der Waals surface area contributed by atoms with E-state index in [-0.39, 0.29) is 6.10 Å². The molecule has 3 unspecified atom stereocenters. The highest BCUT2D eigenvalue weighted by Crippen LogP contribution is 2.69. The Bertz CT molecular complexity index is 603. The van der Waals surface area contributed by atoms with Crippen molar-refractivity contribution in [2.24, 2.45) is 52.3 Å². The van der Waals surface area contributed by atoms with Gasteiger partial charge in [-0.1, -0.05) is 27.7 Å². The van der Waals surface area contributed by atoms with Gasteiger partial charge in [0.2, 0.25) is 0 Å². The fourth-order valence-electron chi connectivity index (χ4n) is 9.14. The first kappa shape index (κ1) is 20.7. The minimum Gasteiger partial charge on any atom is -0.481 e. The molecular weight excluding hydrogens is 348 g/mol. The van der Waals surface area contributed by atoms with Gasteiger partial charge >= 0.3 is 5.97 Å². The van der Waals surface area contributed by atoms with Crippen molar-refractivity contribution in [2.45, 2.75) is 98.0 Å². The van der Waals surface area contributed by atoms with Crippen molar-refractivity contribution in [1.82, 2.24) is 0 Å². The van der Waals surface area contributed by atoms with Crippen LogP contribution in [0.2, 0.25) is 0 Å². The van der Waals surface area contributed by atoms with Gasteiger partial charge in [-0.25, -0.2) is 0 Å². The molecule has 3 heteroatoms. The third-order valence-electron chi connectivity index (χ3n) is 10.6. The molecule has 4 aliphatic rings. The molecule has 2 N–H and O–H groups in total. The fourth-order valence-corrected chi connectivity index (χ4v) is 9.14. The molecule has 0 aromatic rings. The van der Waals surface area contributed by atoms with Crippen molar-refractivity contribution in [3.8, 4) is 0 Å². The number of aliphatic hydroxyl groups is 1. The number of fused-ring (bicyclic) bond motifs is 5. The summed E-state index contributed by atoms with van der Waals surface area (Å²) < 4.78 is 0. The number of aliphatic carboxylic acids is 1. The van der Waals surface area contributed by atoms with Crippen molar-refractivity contribution in [3.05, 3.63) is 0 Å². The molecule has 0 bridgehead atoms. The lowest BCUT2D eigenvalue weighted by molar-refractivity contribution is -0.150. The molecule has 160 valence electrons. The van der Waals surface area contributed by atoms with E-state index in [1.54, 1.807) is 0 Å². The lowest BCUT2D eigenvalue weighted by Crippen LogP contribution is -2.56. The summed E-state index contributed by atoms with van der Waals surface area (Å²) in [7, 11) is 0. The number of rotatable bonds is 4. The standard InChI is InChI=1S/C25H42O3/c1-15(5-8-22(27)28)19-6-7-20-23-16(2)13-17-14-18(26)9-11-24(17,3)21(23)10-12-25(19,20)4/h15-21,23,26H,5-14H2,1-4H3,(H,27,28)/t15-,16+,17-,18-,19-,20?,21?,23?,24+,25-/m1/s1. The first-order valence-electron chi connectivity index (χ1n) is 12.1. The van der Waals surface area contributed by atoms with Crippen LogP contribution in [0.25, 0.3) is 0 Å². The van der Waals surface area contributed by atoms with Gasteiger partial charge in [-0.15, -0.1) is 0 Å². The maximum atomic E-state index is 11.1. The summed E-state index contributed by atoms with van der Waals surface area (Å²) in [5.74, 6) is 4.55. The van der Waals surface area contributed by atoms with Crippen LogP contribution in [0.15, 0.2) is 0 Å². The quantitative estimate of drug-likeness (QED) is 0.642. The zero-order chi connectivity index (χ0) is 20.3. The van der Waals surface area contributed by atoms with Crippen molar-refractivity contribution in [3.63, 3.8) is 0 Å². The molecule has 0 aliphatic heterocycles. The van der Waals surface area contributed by atoms with E-state index in [1.807, 2.05) is 0 Å². The SMILES string of the molecule is C[C@H](CCC(=O)O)[C@H]1CCC2C3C(CC[C@@]21C)[C@@]1(C)CC[C@@H](O)C[C@H]1C[C@@H]3C. The van der Waals surface area contributed by atoms with Crippen molar-refractivity contribution < 1.29 is 15.0 Å². The average Bonchev–Trinajstić information content (AvgIpc) is 2.98. The molecule has 4 fully saturated rings. The molecular formula is C25H42O3. The van der Waals surface area contributed by atoms with Crippen LogP contribution in [0.3, 0.4) is 0 Å². The first-order valence-corrected chi connectivity index (χ1v) is 12.1. The average molecular weight is 391 g/mol. The Morgan fingerprint density at radius 1 is 1.04 bits per heavy atom. The third-order valence-corrected chi connectivity index (χ3v) is 10.6. The summed E-state index contributed by atoms with van der Waals surface area (Å²) >= 11 is 0. The van der Waals surface area contributed by atoms with Gasteiger partial charge in [0.15, 0.2) is 0 Å². The smallest absolute Gasteiger partial charge is 0.303 e. The second-order valence-electron chi connectivity index (χ2n) is 11.8. The van der Waals surface area contributed by atoms with Crippen LogP contribution in [-0.2, 0) is 4.79 Å². The Hall–Kier alpha value is -0.570. The Labute approximate surface area is 171 Å². The van der Waals surface area contributed by atoms with Crippen LogP contribution in [0, 0.1) is 52.3 Å². The topological polar surface area (TPSA) is 57.5 Å². The molecule has 3 nitrogen and oxygen atoms in total. The maximum absolute atomic E-state index is 11.1. The van der Waals surface area contributed by atoms with Crippen LogP contribution in [0.4, 0.5) is 0 Å². The molecule has 0 saturated heterocycles. The van der Waals surface area contributed by atoms with Gasteiger partial charge in [0.05, 0.1) is 6.10 Å². The molecule has 4 rings (SSSR count). The van der Waals surface area contributed by atoms with Gasteiger partial charge in [-0.05, 0) is 110 Å². The maximum Gasteiger partial charge on any atom is 0.303 e. The lowest BCUT2D eigenvalue weighted by atomic mass is 9.42. The van der Waals surface area contributed by atoms with Crippen LogP contribution in [0.5, 0.6) is 0 Å². The number of carboxylic acid groups (broad SMARTS) is 1. The van der Waals surface area contributed by atoms with Crippen LogP contribution >= 0.6 is 0 Å². The molecule has 10 atom stereocenters. The largest absolute Gasteiger partial charge is 0.481 e. The predicted octanol–water partition coefficient (Wildman–Crippen LogP) is 5.75. The zero-order valence-corrected chi connectivity index (χ0v) is 18.5. The van der Waals surface area contributed by atoms with Gasteiger partial charge in [0.1, 0.15) is 0 Å². The Balaban J connectivity index is 1.55. The minimum absolute atomic E-state index is 0.0679. The van der Waals surface area contributed by atoms with Gasteiger partial charge in [0.25, 0.3) is 0 Å². The summed E-state index contributed by atoms with van der Waals surface area (Å²) in [5, 5.41) is 19.4. The molecule has 28 heavy (non-hydrogen) atoms. The van der Waals surface area contributed by atoms with Gasteiger partial charge in [-0.3, -0.25) is 4.79 Å². The van der Waals surface area contributed by atoms with E-state index in [4.69, 9.17) is 5.11 Å². The van der Waals surface area contributed by atoms with Crippen LogP contribution < -0.4 is 0 Å². The number of carbonyl (C=O) groups is 1. The molecule has 0 radical (unpaired) electrons. The first-order chi connectivity index (χ1) is 13.2. The van der Waals surface area contributed by atoms with E-state index >= 15 is 0 Å². The zero-order valence-electron chi connectivity index (χ0n) is 18.5. The normalized spacial score (nSPS) is 51.7. The van der Waals surface area contributed by atoms with E-state index < -0.39 is 5.97 Å². The third kappa shape index (κ3) is 3.15. The molecule has 4 saturated carbocycles. The van der Waals surface area contributed by atoms with E-state index in [1.165, 1.54) is 38.5 Å². The summed E-state index contributed by atoms with van der Waals surface area (Å²) in [5.41, 5.74) is 0.843. The fraction of sp³-hybridized carbons (Fsp3) is 0.960. The van der Waals surface area contributed by atoms with E-state index in [0.717, 1.165) is 42.9 Å². The molecule has 0 heterocycles. The molecule has 4 aliphatic carbocycles. The summed E-state index contributed by atoms with van der Waals surface area (Å²) in [4.78, 5) is 11.1. The van der Waals surface area contributed by atoms with E-state index in [2.05, 4.69) is 27.7 Å². The van der Waals surface area contributed by atoms with Crippen molar-refractivity contribution in [2.75, 3.05) is 0 Å². The van der Waals surface area contributed by atoms with Gasteiger partial charge in [0, 0.05) is 6.42 Å². The molecule has 0 aromatic heterocycles. The van der Waals surface area contributed by atoms with Crippen molar-refractivity contribution in [1.29, 1.82) is 0 Å². The lowest BCUT2D eigenvalue weighted by Gasteiger charge is -2.63. The van der Waals surface area contributed by atoms with E-state index in [9.17, 15) is 9.90 Å². The molecule has 0 amide bonds. The summed E-state index contributed by atoms with van der Waals surface area (Å²) in [6.45, 7) is 9.95. The highest BCUT2D eigenvalue weighted by molar-refractivity contribution is 5.66. The molecule has 0 spiro atoms. The monoisotopic (exact) mass is 390 g/mol. The van der Waals surface area contributed by atoms with Crippen LogP contribution in [-0.4, -0.2) is 22.3 Å². The highest BCUT2D eigenvalue weighted by Gasteiger charge is 2.62. The van der Waals surface area contributed by atoms with Crippen molar-refractivity contribution >= 4 is 5.97 Å². The predicted molar refractivity (Wildman–Crippen MR) is 112 cm³/mol. The Morgan fingerprint density at radius 3 is 2.43 bits per heavy atom. The number of aliphatic hydroxyl groups excluding tert-OH is 1. The minimum atomic E-state index is -0.644. The van der Waals surface area contributed by atoms with E-state index in [0.29, 0.717) is 35.0 Å². The second kappa shape index (κ2) is 7.29. The number of hydrogen-bond donors (Lipinski definition) is 2. The summed E-state index contributed by atoms with van der Waals surface area (Å²) in [6.07, 6.45) is 11.0. The van der Waals surface area contributed by atoms with Gasteiger partial charge in [-0.2, -0.15) is 0 Å². The van der Waals surface area contributed by atoms with Gasteiger partial charge < -0.3 is 10.2 Å². The highest BCUT2D eigenvalue weighted by atomic mass is 16.4. The Morgan fingerprint density at radius 2 is 1.71 bits per heavy atom. The van der Waals surface area contributed by atoms with Crippen LogP contribution in [0.1, 0.15) is 91.9 Å². The number of hydrogen-bond acceptors (Lipinski definition) is 2.